The topological polar surface area (TPSA) is 101 Å². The minimum Gasteiger partial charge on any atom is -0.437 e. The Hall–Kier alpha value is -2.87. The zero-order valence-corrected chi connectivity index (χ0v) is 16.5. The number of nitrogens with zero attached hydrogens (tertiary/aromatic N) is 1. The molecule has 8 heteroatoms. The molecule has 1 amide bonds. The van der Waals surface area contributed by atoms with Gasteiger partial charge >= 0.3 is 0 Å². The molecule has 1 aliphatic rings. The lowest BCUT2D eigenvalue weighted by atomic mass is 10.0. The van der Waals surface area contributed by atoms with E-state index >= 15 is 0 Å². The van der Waals surface area contributed by atoms with Crippen LogP contribution in [0.5, 0.6) is 0 Å². The van der Waals surface area contributed by atoms with E-state index in [1.807, 2.05) is 36.4 Å². The van der Waals surface area contributed by atoms with Crippen LogP contribution in [-0.2, 0) is 10.0 Å². The van der Waals surface area contributed by atoms with Gasteiger partial charge in [0.25, 0.3) is 5.91 Å². The number of hydrogen-bond acceptors (Lipinski definition) is 5. The predicted molar refractivity (Wildman–Crippen MR) is 108 cm³/mol. The molecule has 2 N–H and O–H groups in total. The van der Waals surface area contributed by atoms with Crippen LogP contribution in [0.25, 0.3) is 22.4 Å². The first kappa shape index (κ1) is 18.5. The molecule has 2 aromatic heterocycles. The lowest BCUT2D eigenvalue weighted by molar-refractivity contribution is 0.0964. The molecule has 0 aliphatic heterocycles. The molecule has 7 nitrogen and oxygen atoms in total. The number of aromatic nitrogens is 1. The zero-order chi connectivity index (χ0) is 19.9. The number of carbonyl (C=O) groups excluding carboxylic acids is 1. The lowest BCUT2D eigenvalue weighted by Gasteiger charge is -2.10. The van der Waals surface area contributed by atoms with Gasteiger partial charge in [-0.15, -0.1) is 0 Å². The third-order valence-electron chi connectivity index (χ3n) is 4.85. The number of amides is 1. The van der Waals surface area contributed by atoms with Crippen molar-refractivity contribution in [2.75, 3.05) is 17.5 Å². The molecular formula is C20H21N3O4S. The molecule has 1 saturated carbocycles. The van der Waals surface area contributed by atoms with Crippen molar-refractivity contribution in [1.29, 1.82) is 0 Å². The van der Waals surface area contributed by atoms with E-state index in [-0.39, 0.29) is 29.1 Å². The van der Waals surface area contributed by atoms with Crippen molar-refractivity contribution in [1.82, 2.24) is 10.3 Å². The smallest absolute Gasteiger partial charge is 0.255 e. The summed E-state index contributed by atoms with van der Waals surface area (Å²) < 4.78 is 32.7. The average Bonchev–Trinajstić information content (AvgIpc) is 3.48. The summed E-state index contributed by atoms with van der Waals surface area (Å²) in [4.78, 5) is 17.1. The van der Waals surface area contributed by atoms with Crippen molar-refractivity contribution in [2.45, 2.75) is 25.7 Å². The maximum absolute atomic E-state index is 12.6. The number of hydrogen-bond donors (Lipinski definition) is 2. The van der Waals surface area contributed by atoms with Crippen molar-refractivity contribution in [2.24, 2.45) is 0 Å². The first-order valence-corrected chi connectivity index (χ1v) is 10.8. The quantitative estimate of drug-likeness (QED) is 0.661. The Morgan fingerprint density at radius 3 is 2.57 bits per heavy atom. The normalized spacial score (nSPS) is 14.2. The number of carbonyl (C=O) groups is 1. The number of rotatable bonds is 6. The zero-order valence-electron chi connectivity index (χ0n) is 15.7. The van der Waals surface area contributed by atoms with Gasteiger partial charge in [-0.3, -0.25) is 9.52 Å². The minimum absolute atomic E-state index is 0.0479. The molecule has 0 saturated heterocycles. The summed E-state index contributed by atoms with van der Waals surface area (Å²) in [5.41, 5.74) is 2.19. The van der Waals surface area contributed by atoms with Gasteiger partial charge in [-0.05, 0) is 37.3 Å². The number of sulfonamides is 1. The van der Waals surface area contributed by atoms with Gasteiger partial charge in [-0.1, -0.05) is 30.3 Å². The Morgan fingerprint density at radius 1 is 1.25 bits per heavy atom. The summed E-state index contributed by atoms with van der Waals surface area (Å²) in [6.45, 7) is 1.57. The molecule has 28 heavy (non-hydrogen) atoms. The maximum Gasteiger partial charge on any atom is 0.255 e. The van der Waals surface area contributed by atoms with Gasteiger partial charge in [0, 0.05) is 12.6 Å². The second kappa shape index (κ2) is 6.94. The van der Waals surface area contributed by atoms with E-state index in [1.165, 1.54) is 0 Å². The molecule has 0 spiro atoms. The summed E-state index contributed by atoms with van der Waals surface area (Å²) in [5, 5.41) is 3.24. The fourth-order valence-electron chi connectivity index (χ4n) is 3.19. The SMILES string of the molecule is CCS(=O)(=O)Nc1nc2oc(-c3ccccc3)c(C(=O)NC)c2cc1C1CC1. The Bertz CT molecular complexity index is 1150. The maximum atomic E-state index is 12.6. The highest BCUT2D eigenvalue weighted by Crippen LogP contribution is 2.45. The van der Waals surface area contributed by atoms with Crippen LogP contribution in [0.15, 0.2) is 40.8 Å². The Morgan fingerprint density at radius 2 is 1.96 bits per heavy atom. The number of anilines is 1. The second-order valence-electron chi connectivity index (χ2n) is 6.81. The minimum atomic E-state index is -3.48. The van der Waals surface area contributed by atoms with E-state index in [9.17, 15) is 13.2 Å². The number of furan rings is 1. The first-order chi connectivity index (χ1) is 13.4. The van der Waals surface area contributed by atoms with Gasteiger partial charge < -0.3 is 9.73 Å². The molecule has 0 radical (unpaired) electrons. The summed E-state index contributed by atoms with van der Waals surface area (Å²) in [7, 11) is -1.91. The number of fused-ring (bicyclic) bond motifs is 1. The monoisotopic (exact) mass is 399 g/mol. The van der Waals surface area contributed by atoms with Crippen molar-refractivity contribution in [3.63, 3.8) is 0 Å². The van der Waals surface area contributed by atoms with E-state index in [4.69, 9.17) is 4.42 Å². The second-order valence-corrected chi connectivity index (χ2v) is 8.82. The molecule has 4 rings (SSSR count). The lowest BCUT2D eigenvalue weighted by Crippen LogP contribution is -2.18. The van der Waals surface area contributed by atoms with Crippen LogP contribution in [0.4, 0.5) is 5.82 Å². The Balaban J connectivity index is 1.96. The van der Waals surface area contributed by atoms with E-state index in [0.717, 1.165) is 24.0 Å². The van der Waals surface area contributed by atoms with Crippen molar-refractivity contribution < 1.29 is 17.6 Å². The van der Waals surface area contributed by atoms with Crippen LogP contribution in [-0.4, -0.2) is 32.1 Å². The molecule has 0 atom stereocenters. The van der Waals surface area contributed by atoms with E-state index in [1.54, 1.807) is 14.0 Å². The highest BCUT2D eigenvalue weighted by molar-refractivity contribution is 7.92. The van der Waals surface area contributed by atoms with Crippen LogP contribution >= 0.6 is 0 Å². The molecule has 1 aliphatic carbocycles. The molecule has 0 unspecified atom stereocenters. The fraction of sp³-hybridized carbons (Fsp3) is 0.300. The van der Waals surface area contributed by atoms with Crippen molar-refractivity contribution in [3.05, 3.63) is 47.5 Å². The van der Waals surface area contributed by atoms with Crippen molar-refractivity contribution >= 4 is 32.8 Å². The number of pyridine rings is 1. The van der Waals surface area contributed by atoms with Gasteiger partial charge in [0.05, 0.1) is 16.7 Å². The Labute approximate surface area is 163 Å². The van der Waals surface area contributed by atoms with Crippen LogP contribution in [0.1, 0.15) is 41.6 Å². The average molecular weight is 399 g/mol. The molecule has 0 bridgehead atoms. The molecule has 1 fully saturated rings. The van der Waals surface area contributed by atoms with Gasteiger partial charge in [0.15, 0.2) is 0 Å². The summed E-state index contributed by atoms with van der Waals surface area (Å²) in [6, 6.07) is 11.2. The van der Waals surface area contributed by atoms with E-state index in [0.29, 0.717) is 16.7 Å². The van der Waals surface area contributed by atoms with Crippen LogP contribution in [0, 0.1) is 0 Å². The van der Waals surface area contributed by atoms with Gasteiger partial charge in [-0.25, -0.2) is 8.42 Å². The molecular weight excluding hydrogens is 378 g/mol. The van der Waals surface area contributed by atoms with Gasteiger partial charge in [0.1, 0.15) is 11.6 Å². The molecule has 3 aromatic rings. The number of nitrogens with one attached hydrogen (secondary N) is 2. The highest BCUT2D eigenvalue weighted by Gasteiger charge is 2.31. The van der Waals surface area contributed by atoms with Crippen LogP contribution in [0.3, 0.4) is 0 Å². The molecule has 146 valence electrons. The van der Waals surface area contributed by atoms with Crippen LogP contribution < -0.4 is 10.0 Å². The summed E-state index contributed by atoms with van der Waals surface area (Å²) >= 11 is 0. The summed E-state index contributed by atoms with van der Waals surface area (Å²) in [5.74, 6) is 0.615. The van der Waals surface area contributed by atoms with Crippen LogP contribution in [0.2, 0.25) is 0 Å². The van der Waals surface area contributed by atoms with Gasteiger partial charge in [-0.2, -0.15) is 4.98 Å². The van der Waals surface area contributed by atoms with E-state index in [2.05, 4.69) is 15.0 Å². The largest absolute Gasteiger partial charge is 0.437 e. The highest BCUT2D eigenvalue weighted by atomic mass is 32.2. The third kappa shape index (κ3) is 3.35. The van der Waals surface area contributed by atoms with E-state index < -0.39 is 10.0 Å². The summed E-state index contributed by atoms with van der Waals surface area (Å²) in [6.07, 6.45) is 1.93. The molecule has 1 aromatic carbocycles. The predicted octanol–water partition coefficient (Wildman–Crippen LogP) is 3.49. The third-order valence-corrected chi connectivity index (χ3v) is 6.12. The van der Waals surface area contributed by atoms with Gasteiger partial charge in [0.2, 0.25) is 15.7 Å². The fourth-order valence-corrected chi connectivity index (χ4v) is 3.79. The standard InChI is InChI=1S/C20H21N3O4S/c1-3-28(25,26)23-18-14(12-9-10-12)11-15-16(19(24)21-2)17(27-20(15)22-18)13-7-5-4-6-8-13/h4-8,11-12H,3,9-10H2,1-2H3,(H,21,24)(H,22,23). The molecule has 2 heterocycles. The first-order valence-electron chi connectivity index (χ1n) is 9.19. The number of benzene rings is 1. The van der Waals surface area contributed by atoms with Crippen molar-refractivity contribution in [3.8, 4) is 11.3 Å². The Kier molecular flexibility index (Phi) is 4.58.